The van der Waals surface area contributed by atoms with Crippen LogP contribution in [0.5, 0.6) is 0 Å². The Labute approximate surface area is 153 Å². The molecule has 0 unspecified atom stereocenters. The van der Waals surface area contributed by atoms with Crippen molar-refractivity contribution in [2.45, 2.75) is 32.2 Å². The molecule has 0 bridgehead atoms. The molecule has 1 saturated carbocycles. The molecule has 1 aromatic carbocycles. The van der Waals surface area contributed by atoms with Crippen molar-refractivity contribution in [2.24, 2.45) is 11.8 Å². The normalized spacial score (nSPS) is 23.4. The molecule has 0 radical (unpaired) electrons. The van der Waals surface area contributed by atoms with Gasteiger partial charge in [-0.1, -0.05) is 38.1 Å². The number of aromatic nitrogens is 1. The molecule has 1 aromatic heterocycles. The van der Waals surface area contributed by atoms with Crippen molar-refractivity contribution in [3.05, 3.63) is 59.9 Å². The quantitative estimate of drug-likeness (QED) is 0.903. The van der Waals surface area contributed by atoms with Gasteiger partial charge in [0.25, 0.3) is 0 Å². The lowest BCUT2D eigenvalue weighted by Gasteiger charge is -2.20. The summed E-state index contributed by atoms with van der Waals surface area (Å²) in [6, 6.07) is 11.7. The third-order valence-corrected chi connectivity index (χ3v) is 5.32. The molecule has 2 heterocycles. The van der Waals surface area contributed by atoms with Gasteiger partial charge in [-0.3, -0.25) is 14.6 Å². The molecule has 2 aliphatic rings. The highest BCUT2D eigenvalue weighted by Gasteiger charge is 2.69. The van der Waals surface area contributed by atoms with Gasteiger partial charge < -0.3 is 10.2 Å². The van der Waals surface area contributed by atoms with E-state index >= 15 is 0 Å². The van der Waals surface area contributed by atoms with Crippen molar-refractivity contribution in [3.8, 4) is 0 Å². The van der Waals surface area contributed by atoms with Gasteiger partial charge in [-0.2, -0.15) is 0 Å². The van der Waals surface area contributed by atoms with Crippen LogP contribution in [0, 0.1) is 11.8 Å². The minimum Gasteiger partial charge on any atom is -0.352 e. The van der Waals surface area contributed by atoms with Crippen LogP contribution in [-0.4, -0.2) is 23.3 Å². The number of para-hydroxylation sites is 1. The monoisotopic (exact) mass is 349 g/mol. The summed E-state index contributed by atoms with van der Waals surface area (Å²) in [5.74, 6) is 0.112. The van der Waals surface area contributed by atoms with E-state index in [4.69, 9.17) is 0 Å². The molecule has 1 N–H and O–H groups in total. The molecule has 0 saturated heterocycles. The lowest BCUT2D eigenvalue weighted by Crippen LogP contribution is -2.37. The van der Waals surface area contributed by atoms with E-state index in [0.717, 1.165) is 16.8 Å². The summed E-state index contributed by atoms with van der Waals surface area (Å²) in [7, 11) is 0. The Balaban J connectivity index is 1.54. The number of hydrogen-bond donors (Lipinski definition) is 1. The van der Waals surface area contributed by atoms with Gasteiger partial charge in [0.1, 0.15) is 0 Å². The summed E-state index contributed by atoms with van der Waals surface area (Å²) in [5.41, 5.74) is 2.26. The summed E-state index contributed by atoms with van der Waals surface area (Å²) < 4.78 is 0. The SMILES string of the molecule is CC(C)CN1C(=O)[C@]2(C[C@@H]2C(=O)NCc2cccnc2)c2ccccc21. The van der Waals surface area contributed by atoms with Crippen molar-refractivity contribution < 1.29 is 9.59 Å². The van der Waals surface area contributed by atoms with Crippen LogP contribution in [0.25, 0.3) is 0 Å². The fraction of sp³-hybridized carbons (Fsp3) is 0.381. The van der Waals surface area contributed by atoms with Crippen LogP contribution in [0.15, 0.2) is 48.8 Å². The van der Waals surface area contributed by atoms with Crippen molar-refractivity contribution >= 4 is 17.5 Å². The summed E-state index contributed by atoms with van der Waals surface area (Å²) in [6.45, 7) is 5.32. The van der Waals surface area contributed by atoms with Crippen LogP contribution >= 0.6 is 0 Å². The molecule has 4 rings (SSSR count). The molecule has 134 valence electrons. The lowest BCUT2D eigenvalue weighted by atomic mass is 9.94. The maximum absolute atomic E-state index is 13.2. The summed E-state index contributed by atoms with van der Waals surface area (Å²) in [6.07, 6.45) is 4.04. The number of pyridine rings is 1. The molecule has 1 aliphatic heterocycles. The first-order valence-corrected chi connectivity index (χ1v) is 9.12. The summed E-state index contributed by atoms with van der Waals surface area (Å²) >= 11 is 0. The first-order chi connectivity index (χ1) is 12.5. The molecule has 5 heteroatoms. The Bertz CT molecular complexity index is 849. The predicted octanol–water partition coefficient (Wildman–Crippen LogP) is 2.66. The van der Waals surface area contributed by atoms with Crippen molar-refractivity contribution in [3.63, 3.8) is 0 Å². The van der Waals surface area contributed by atoms with E-state index in [1.165, 1.54) is 0 Å². The molecule has 1 spiro atoms. The van der Waals surface area contributed by atoms with Crippen LogP contribution < -0.4 is 10.2 Å². The second-order valence-electron chi connectivity index (χ2n) is 7.63. The second-order valence-corrected chi connectivity index (χ2v) is 7.63. The minimum atomic E-state index is -0.662. The largest absolute Gasteiger partial charge is 0.352 e. The molecule has 1 fully saturated rings. The number of carbonyl (C=O) groups is 2. The molecule has 1 aliphatic carbocycles. The molecule has 2 atom stereocenters. The number of carbonyl (C=O) groups excluding carboxylic acids is 2. The first-order valence-electron chi connectivity index (χ1n) is 9.12. The van der Waals surface area contributed by atoms with Gasteiger partial charge in [0.15, 0.2) is 0 Å². The number of nitrogens with zero attached hydrogens (tertiary/aromatic N) is 2. The van der Waals surface area contributed by atoms with Crippen LogP contribution in [0.2, 0.25) is 0 Å². The van der Waals surface area contributed by atoms with Crippen molar-refractivity contribution in [1.82, 2.24) is 10.3 Å². The van der Waals surface area contributed by atoms with Crippen LogP contribution in [0.3, 0.4) is 0 Å². The van der Waals surface area contributed by atoms with Gasteiger partial charge in [0.2, 0.25) is 11.8 Å². The molecule has 2 amide bonds. The topological polar surface area (TPSA) is 62.3 Å². The summed E-state index contributed by atoms with van der Waals surface area (Å²) in [4.78, 5) is 31.9. The standard InChI is InChI=1S/C21H23N3O2/c1-14(2)13-24-18-8-4-3-7-16(18)21(20(24)26)10-17(21)19(25)23-12-15-6-5-9-22-11-15/h3-9,11,14,17H,10,12-13H2,1-2H3,(H,23,25)/t17-,21-/m1/s1. The highest BCUT2D eigenvalue weighted by atomic mass is 16.2. The number of rotatable bonds is 5. The molecular formula is C21H23N3O2. The first kappa shape index (κ1) is 16.8. The second kappa shape index (κ2) is 6.24. The Hall–Kier alpha value is -2.69. The summed E-state index contributed by atoms with van der Waals surface area (Å²) in [5, 5.41) is 2.97. The number of amides is 2. The molecular weight excluding hydrogens is 326 g/mol. The zero-order chi connectivity index (χ0) is 18.3. The Kier molecular flexibility index (Phi) is 4.02. The average Bonchev–Trinajstić information content (AvgIpc) is 3.36. The Morgan fingerprint density at radius 1 is 1.31 bits per heavy atom. The zero-order valence-electron chi connectivity index (χ0n) is 15.1. The number of benzene rings is 1. The van der Waals surface area contributed by atoms with E-state index < -0.39 is 5.41 Å². The number of nitrogens with one attached hydrogen (secondary N) is 1. The van der Waals surface area contributed by atoms with Crippen LogP contribution in [-0.2, 0) is 21.5 Å². The van der Waals surface area contributed by atoms with E-state index in [1.54, 1.807) is 12.4 Å². The van der Waals surface area contributed by atoms with E-state index in [1.807, 2.05) is 41.3 Å². The number of hydrogen-bond acceptors (Lipinski definition) is 3. The van der Waals surface area contributed by atoms with Crippen LogP contribution in [0.1, 0.15) is 31.4 Å². The van der Waals surface area contributed by atoms with Gasteiger partial charge in [-0.05, 0) is 35.6 Å². The molecule has 26 heavy (non-hydrogen) atoms. The predicted molar refractivity (Wildman–Crippen MR) is 99.5 cm³/mol. The zero-order valence-corrected chi connectivity index (χ0v) is 15.1. The van der Waals surface area contributed by atoms with Gasteiger partial charge in [0.05, 0.1) is 11.3 Å². The maximum Gasteiger partial charge on any atom is 0.238 e. The van der Waals surface area contributed by atoms with Gasteiger partial charge >= 0.3 is 0 Å². The van der Waals surface area contributed by atoms with E-state index in [2.05, 4.69) is 24.1 Å². The number of anilines is 1. The highest BCUT2D eigenvalue weighted by Crippen LogP contribution is 2.61. The Morgan fingerprint density at radius 3 is 2.85 bits per heavy atom. The van der Waals surface area contributed by atoms with Gasteiger partial charge in [0, 0.05) is 31.2 Å². The Morgan fingerprint density at radius 2 is 2.12 bits per heavy atom. The number of fused-ring (bicyclic) bond motifs is 2. The van der Waals surface area contributed by atoms with Crippen molar-refractivity contribution in [1.29, 1.82) is 0 Å². The van der Waals surface area contributed by atoms with Gasteiger partial charge in [-0.25, -0.2) is 0 Å². The maximum atomic E-state index is 13.2. The van der Waals surface area contributed by atoms with E-state index in [0.29, 0.717) is 25.4 Å². The van der Waals surface area contributed by atoms with Crippen molar-refractivity contribution in [2.75, 3.05) is 11.4 Å². The third-order valence-electron chi connectivity index (χ3n) is 5.32. The smallest absolute Gasteiger partial charge is 0.238 e. The fourth-order valence-corrected chi connectivity index (χ4v) is 4.03. The average molecular weight is 349 g/mol. The van der Waals surface area contributed by atoms with Crippen LogP contribution in [0.4, 0.5) is 5.69 Å². The van der Waals surface area contributed by atoms with E-state index in [9.17, 15) is 9.59 Å². The molecule has 2 aromatic rings. The fourth-order valence-electron chi connectivity index (χ4n) is 4.03. The lowest BCUT2D eigenvalue weighted by molar-refractivity contribution is -0.126. The van der Waals surface area contributed by atoms with E-state index in [-0.39, 0.29) is 17.7 Å². The molecule has 5 nitrogen and oxygen atoms in total. The highest BCUT2D eigenvalue weighted by molar-refractivity contribution is 6.14. The third kappa shape index (κ3) is 2.59. The minimum absolute atomic E-state index is 0.0524. The van der Waals surface area contributed by atoms with Gasteiger partial charge in [-0.15, -0.1) is 0 Å².